The SMILES string of the molecule is COC(C)(C)CCC(NN)C1CCCCC1C(F)(F)F. The summed E-state index contributed by atoms with van der Waals surface area (Å²) in [6.07, 6.45) is -0.540. The van der Waals surface area contributed by atoms with Crippen LogP contribution in [-0.2, 0) is 4.74 Å². The predicted molar refractivity (Wildman–Crippen MR) is 72.9 cm³/mol. The molecule has 1 aliphatic carbocycles. The van der Waals surface area contributed by atoms with E-state index >= 15 is 0 Å². The molecule has 0 saturated heterocycles. The Labute approximate surface area is 119 Å². The van der Waals surface area contributed by atoms with Crippen molar-refractivity contribution < 1.29 is 17.9 Å². The van der Waals surface area contributed by atoms with Gasteiger partial charge in [0.15, 0.2) is 0 Å². The molecule has 0 heterocycles. The molecule has 3 nitrogen and oxygen atoms in total. The van der Waals surface area contributed by atoms with E-state index in [1.54, 1.807) is 7.11 Å². The summed E-state index contributed by atoms with van der Waals surface area (Å²) in [6, 6.07) is -0.309. The first-order valence-electron chi connectivity index (χ1n) is 7.29. The van der Waals surface area contributed by atoms with Crippen LogP contribution in [0.4, 0.5) is 13.2 Å². The number of hydrogen-bond donors (Lipinski definition) is 2. The zero-order chi connectivity index (χ0) is 15.4. The fraction of sp³-hybridized carbons (Fsp3) is 1.00. The zero-order valence-corrected chi connectivity index (χ0v) is 12.6. The van der Waals surface area contributed by atoms with Crippen LogP contribution >= 0.6 is 0 Å². The van der Waals surface area contributed by atoms with Gasteiger partial charge in [0.25, 0.3) is 0 Å². The molecule has 0 aromatic heterocycles. The minimum atomic E-state index is -4.13. The van der Waals surface area contributed by atoms with E-state index in [1.165, 1.54) is 0 Å². The Kier molecular flexibility index (Phi) is 6.28. The van der Waals surface area contributed by atoms with E-state index in [4.69, 9.17) is 10.6 Å². The van der Waals surface area contributed by atoms with Crippen molar-refractivity contribution in [3.8, 4) is 0 Å². The minimum absolute atomic E-state index is 0.222. The van der Waals surface area contributed by atoms with Gasteiger partial charge in [-0.2, -0.15) is 13.2 Å². The van der Waals surface area contributed by atoms with Gasteiger partial charge in [-0.05, 0) is 45.4 Å². The number of hydrogen-bond acceptors (Lipinski definition) is 3. The first-order chi connectivity index (χ1) is 9.21. The first-order valence-corrected chi connectivity index (χ1v) is 7.29. The Morgan fingerprint density at radius 2 is 1.85 bits per heavy atom. The van der Waals surface area contributed by atoms with Gasteiger partial charge in [-0.3, -0.25) is 11.3 Å². The fourth-order valence-electron chi connectivity index (χ4n) is 3.07. The third-order valence-corrected chi connectivity index (χ3v) is 4.58. The second-order valence-corrected chi connectivity index (χ2v) is 6.37. The van der Waals surface area contributed by atoms with Crippen LogP contribution in [0.3, 0.4) is 0 Å². The van der Waals surface area contributed by atoms with Crippen LogP contribution in [0.5, 0.6) is 0 Å². The molecule has 3 atom stereocenters. The van der Waals surface area contributed by atoms with Gasteiger partial charge in [-0.1, -0.05) is 12.8 Å². The Hall–Kier alpha value is -0.330. The predicted octanol–water partition coefficient (Wildman–Crippen LogP) is 3.39. The lowest BCUT2D eigenvalue weighted by atomic mass is 9.73. The average molecular weight is 296 g/mol. The van der Waals surface area contributed by atoms with Crippen molar-refractivity contribution in [1.29, 1.82) is 0 Å². The van der Waals surface area contributed by atoms with Crippen molar-refractivity contribution in [1.82, 2.24) is 5.43 Å². The maximum Gasteiger partial charge on any atom is 0.392 e. The van der Waals surface area contributed by atoms with Gasteiger partial charge >= 0.3 is 6.18 Å². The molecule has 0 spiro atoms. The quantitative estimate of drug-likeness (QED) is 0.583. The summed E-state index contributed by atoms with van der Waals surface area (Å²) in [7, 11) is 1.62. The third-order valence-electron chi connectivity index (χ3n) is 4.58. The molecule has 1 rings (SSSR count). The van der Waals surface area contributed by atoms with E-state index in [-0.39, 0.29) is 18.1 Å². The Morgan fingerprint density at radius 1 is 1.25 bits per heavy atom. The molecule has 20 heavy (non-hydrogen) atoms. The van der Waals surface area contributed by atoms with Crippen LogP contribution < -0.4 is 11.3 Å². The normalized spacial score (nSPS) is 26.6. The van der Waals surface area contributed by atoms with Crippen molar-refractivity contribution in [3.63, 3.8) is 0 Å². The number of methoxy groups -OCH3 is 1. The van der Waals surface area contributed by atoms with Gasteiger partial charge < -0.3 is 4.74 Å². The second kappa shape index (κ2) is 7.09. The highest BCUT2D eigenvalue weighted by atomic mass is 19.4. The maximum absolute atomic E-state index is 13.1. The van der Waals surface area contributed by atoms with Gasteiger partial charge in [0.1, 0.15) is 0 Å². The first kappa shape index (κ1) is 17.7. The van der Waals surface area contributed by atoms with Crippen molar-refractivity contribution in [2.24, 2.45) is 17.7 Å². The van der Waals surface area contributed by atoms with E-state index < -0.39 is 18.0 Å². The number of ether oxygens (including phenoxy) is 1. The molecule has 0 aromatic carbocycles. The molecule has 0 aromatic rings. The molecule has 0 amide bonds. The summed E-state index contributed by atoms with van der Waals surface area (Å²) < 4.78 is 44.7. The van der Waals surface area contributed by atoms with E-state index in [0.717, 1.165) is 6.42 Å². The lowest BCUT2D eigenvalue weighted by Gasteiger charge is -2.38. The van der Waals surface area contributed by atoms with Crippen molar-refractivity contribution >= 4 is 0 Å². The molecule has 0 bridgehead atoms. The van der Waals surface area contributed by atoms with E-state index in [0.29, 0.717) is 25.7 Å². The second-order valence-electron chi connectivity index (χ2n) is 6.37. The molecule has 1 aliphatic rings. The van der Waals surface area contributed by atoms with Crippen LogP contribution in [0, 0.1) is 11.8 Å². The zero-order valence-electron chi connectivity index (χ0n) is 12.6. The van der Waals surface area contributed by atoms with E-state index in [2.05, 4.69) is 5.43 Å². The molecule has 6 heteroatoms. The summed E-state index contributed by atoms with van der Waals surface area (Å²) in [6.45, 7) is 3.87. The van der Waals surface area contributed by atoms with Gasteiger partial charge in [0.2, 0.25) is 0 Å². The summed E-state index contributed by atoms with van der Waals surface area (Å²) in [5, 5.41) is 0. The summed E-state index contributed by atoms with van der Waals surface area (Å²) >= 11 is 0. The molecule has 0 aliphatic heterocycles. The Morgan fingerprint density at radius 3 is 2.35 bits per heavy atom. The standard InChI is InChI=1S/C14H27F3N2O/c1-13(2,20-3)9-8-12(19-18)10-6-4-5-7-11(10)14(15,16)17/h10-12,19H,4-9,18H2,1-3H3. The van der Waals surface area contributed by atoms with Crippen LogP contribution in [0.2, 0.25) is 0 Å². The molecule has 3 N–H and O–H groups in total. The largest absolute Gasteiger partial charge is 0.392 e. The van der Waals surface area contributed by atoms with E-state index in [9.17, 15) is 13.2 Å². The summed E-state index contributed by atoms with van der Waals surface area (Å²) in [4.78, 5) is 0. The molecule has 120 valence electrons. The highest BCUT2D eigenvalue weighted by molar-refractivity contribution is 4.88. The van der Waals surface area contributed by atoms with Gasteiger partial charge in [-0.15, -0.1) is 0 Å². The highest BCUT2D eigenvalue weighted by Crippen LogP contribution is 2.43. The molecule has 1 saturated carbocycles. The van der Waals surface area contributed by atoms with Crippen LogP contribution in [0.25, 0.3) is 0 Å². The van der Waals surface area contributed by atoms with Crippen LogP contribution in [0.1, 0.15) is 52.4 Å². The van der Waals surface area contributed by atoms with Crippen molar-refractivity contribution in [2.45, 2.75) is 70.2 Å². The third kappa shape index (κ3) is 4.90. The Balaban J connectivity index is 2.70. The van der Waals surface area contributed by atoms with Crippen LogP contribution in [-0.4, -0.2) is 24.9 Å². The molecular weight excluding hydrogens is 269 g/mol. The number of nitrogens with two attached hydrogens (primary N) is 1. The number of rotatable bonds is 6. The lowest BCUT2D eigenvalue weighted by Crippen LogP contribution is -2.48. The van der Waals surface area contributed by atoms with Crippen molar-refractivity contribution in [2.75, 3.05) is 7.11 Å². The van der Waals surface area contributed by atoms with Crippen molar-refractivity contribution in [3.05, 3.63) is 0 Å². The molecule has 3 unspecified atom stereocenters. The van der Waals surface area contributed by atoms with Gasteiger partial charge in [-0.25, -0.2) is 0 Å². The maximum atomic E-state index is 13.1. The highest BCUT2D eigenvalue weighted by Gasteiger charge is 2.47. The monoisotopic (exact) mass is 296 g/mol. The van der Waals surface area contributed by atoms with Gasteiger partial charge in [0, 0.05) is 13.2 Å². The number of hydrazine groups is 1. The molecule has 0 radical (unpaired) electrons. The van der Waals surface area contributed by atoms with E-state index in [1.807, 2.05) is 13.8 Å². The fourth-order valence-corrected chi connectivity index (χ4v) is 3.07. The molecule has 1 fully saturated rings. The number of halogens is 3. The summed E-state index contributed by atoms with van der Waals surface area (Å²) in [5.41, 5.74) is 2.28. The van der Waals surface area contributed by atoms with Gasteiger partial charge in [0.05, 0.1) is 11.5 Å². The smallest absolute Gasteiger partial charge is 0.379 e. The number of alkyl halides is 3. The van der Waals surface area contributed by atoms with Crippen LogP contribution in [0.15, 0.2) is 0 Å². The minimum Gasteiger partial charge on any atom is -0.379 e. The molecular formula is C14H27F3N2O. The lowest BCUT2D eigenvalue weighted by molar-refractivity contribution is -0.199. The summed E-state index contributed by atoms with van der Waals surface area (Å²) in [5.74, 6) is 3.86. The topological polar surface area (TPSA) is 47.3 Å². The average Bonchev–Trinajstić information content (AvgIpc) is 2.39. The number of nitrogens with one attached hydrogen (secondary N) is 1. The Bertz CT molecular complexity index is 295.